The van der Waals surface area contributed by atoms with E-state index in [0.717, 1.165) is 22.2 Å². The summed E-state index contributed by atoms with van der Waals surface area (Å²) in [4.78, 5) is 37.2. The van der Waals surface area contributed by atoms with Crippen molar-refractivity contribution in [2.75, 3.05) is 7.11 Å². The Morgan fingerprint density at radius 2 is 1.78 bits per heavy atom. The second-order valence-corrected chi connectivity index (χ2v) is 6.57. The number of hydrogen-bond acceptors (Lipinski definition) is 5. The molecule has 5 nitrogen and oxygen atoms in total. The van der Waals surface area contributed by atoms with E-state index < -0.39 is 23.2 Å². The summed E-state index contributed by atoms with van der Waals surface area (Å²) in [6, 6.07) is 6.89. The number of rotatable bonds is 4. The molecule has 0 bridgehead atoms. The topological polar surface area (TPSA) is 63.7 Å². The van der Waals surface area contributed by atoms with Crippen LogP contribution >= 0.6 is 11.8 Å². The average molecular weight is 333 g/mol. The Morgan fingerprint density at radius 3 is 2.30 bits per heavy atom. The molecule has 0 saturated carbocycles. The molecule has 1 saturated heterocycles. The molecule has 1 aromatic rings. The fourth-order valence-corrected chi connectivity index (χ4v) is 3.13. The van der Waals surface area contributed by atoms with Gasteiger partial charge in [0.25, 0.3) is 11.1 Å². The lowest BCUT2D eigenvalue weighted by molar-refractivity contribution is -0.148. The maximum absolute atomic E-state index is 12.4. The van der Waals surface area contributed by atoms with Crippen molar-refractivity contribution in [2.24, 2.45) is 0 Å². The summed E-state index contributed by atoms with van der Waals surface area (Å²) in [5.74, 6) is -0.655. The Labute approximate surface area is 139 Å². The van der Waals surface area contributed by atoms with Crippen LogP contribution in [0.2, 0.25) is 0 Å². The quantitative estimate of drug-likeness (QED) is 0.624. The normalized spacial score (nSPS) is 18.0. The van der Waals surface area contributed by atoms with Gasteiger partial charge in [0.05, 0.1) is 12.0 Å². The molecule has 0 N–H and O–H groups in total. The molecule has 1 aromatic carbocycles. The molecule has 0 aromatic heterocycles. The molecule has 1 fully saturated rings. The van der Waals surface area contributed by atoms with Crippen molar-refractivity contribution < 1.29 is 19.1 Å². The predicted octanol–water partition coefficient (Wildman–Crippen LogP) is 3.41. The molecule has 2 rings (SSSR count). The van der Waals surface area contributed by atoms with Gasteiger partial charge in [0, 0.05) is 0 Å². The molecule has 122 valence electrons. The first kappa shape index (κ1) is 17.3. The Kier molecular flexibility index (Phi) is 5.26. The molecule has 2 amide bonds. The van der Waals surface area contributed by atoms with Gasteiger partial charge >= 0.3 is 5.97 Å². The van der Waals surface area contributed by atoms with Crippen LogP contribution in [0.15, 0.2) is 29.2 Å². The van der Waals surface area contributed by atoms with E-state index in [1.807, 2.05) is 24.3 Å². The van der Waals surface area contributed by atoms with Crippen LogP contribution in [0.4, 0.5) is 4.79 Å². The number of esters is 1. The zero-order valence-corrected chi connectivity index (χ0v) is 14.3. The molecule has 0 aliphatic carbocycles. The molecule has 6 heteroatoms. The zero-order valence-electron chi connectivity index (χ0n) is 13.5. The molecule has 0 spiro atoms. The highest BCUT2D eigenvalue weighted by atomic mass is 32.2. The van der Waals surface area contributed by atoms with Gasteiger partial charge in [-0.25, -0.2) is 4.79 Å². The van der Waals surface area contributed by atoms with E-state index in [1.165, 1.54) is 19.6 Å². The number of methoxy groups -OCH3 is 1. The van der Waals surface area contributed by atoms with Crippen LogP contribution in [0.25, 0.3) is 6.08 Å². The van der Waals surface area contributed by atoms with Crippen LogP contribution < -0.4 is 0 Å². The molecular formula is C17H19NO4S. The number of ether oxygens (including phenoxy) is 1. The van der Waals surface area contributed by atoms with Gasteiger partial charge in [0.2, 0.25) is 0 Å². The third-order valence-corrected chi connectivity index (χ3v) is 4.54. The number of amides is 2. The lowest BCUT2D eigenvalue weighted by atomic mass is 10.0. The Morgan fingerprint density at radius 1 is 1.17 bits per heavy atom. The van der Waals surface area contributed by atoms with Crippen LogP contribution in [0, 0.1) is 0 Å². The third kappa shape index (κ3) is 3.64. The van der Waals surface area contributed by atoms with E-state index in [4.69, 9.17) is 0 Å². The van der Waals surface area contributed by atoms with E-state index in [0.29, 0.717) is 10.8 Å². The predicted molar refractivity (Wildman–Crippen MR) is 89.8 cm³/mol. The van der Waals surface area contributed by atoms with Gasteiger partial charge < -0.3 is 4.74 Å². The summed E-state index contributed by atoms with van der Waals surface area (Å²) >= 11 is 0.834. The number of thioether (sulfide) groups is 1. The van der Waals surface area contributed by atoms with E-state index in [-0.39, 0.29) is 0 Å². The van der Waals surface area contributed by atoms with Crippen molar-refractivity contribution in [2.45, 2.75) is 32.7 Å². The summed E-state index contributed by atoms with van der Waals surface area (Å²) in [6.07, 6.45) is 1.67. The molecular weight excluding hydrogens is 314 g/mol. The fraction of sp³-hybridized carbons (Fsp3) is 0.353. The van der Waals surface area contributed by atoms with Crippen molar-refractivity contribution in [3.63, 3.8) is 0 Å². The molecule has 0 unspecified atom stereocenters. The van der Waals surface area contributed by atoms with Crippen LogP contribution in [0.5, 0.6) is 0 Å². The lowest BCUT2D eigenvalue weighted by Crippen LogP contribution is -2.42. The smallest absolute Gasteiger partial charge is 0.328 e. The summed E-state index contributed by atoms with van der Waals surface area (Å²) in [5, 5.41) is -0.460. The van der Waals surface area contributed by atoms with Crippen LogP contribution in [0.3, 0.4) is 0 Å². The lowest BCUT2D eigenvalue weighted by Gasteiger charge is -2.18. The second kappa shape index (κ2) is 7.00. The van der Waals surface area contributed by atoms with E-state index in [2.05, 4.69) is 18.6 Å². The third-order valence-electron chi connectivity index (χ3n) is 3.65. The highest BCUT2D eigenvalue weighted by molar-refractivity contribution is 8.18. The molecule has 1 atom stereocenters. The highest BCUT2D eigenvalue weighted by Crippen LogP contribution is 2.33. The first-order valence-corrected chi connectivity index (χ1v) is 8.11. The first-order valence-electron chi connectivity index (χ1n) is 7.30. The van der Waals surface area contributed by atoms with Crippen molar-refractivity contribution in [3.05, 3.63) is 40.3 Å². The number of imide groups is 1. The van der Waals surface area contributed by atoms with Gasteiger partial charge in [0.15, 0.2) is 0 Å². The monoisotopic (exact) mass is 333 g/mol. The molecule has 1 aliphatic heterocycles. The fourth-order valence-electron chi connectivity index (χ4n) is 2.22. The van der Waals surface area contributed by atoms with Gasteiger partial charge in [-0.1, -0.05) is 38.1 Å². The minimum atomic E-state index is -0.929. The van der Waals surface area contributed by atoms with Crippen molar-refractivity contribution >= 4 is 35.0 Å². The number of nitrogens with zero attached hydrogens (tertiary/aromatic N) is 1. The van der Waals surface area contributed by atoms with Gasteiger partial charge in [-0.2, -0.15) is 0 Å². The van der Waals surface area contributed by atoms with Crippen LogP contribution in [0.1, 0.15) is 37.8 Å². The van der Waals surface area contributed by atoms with Gasteiger partial charge in [-0.15, -0.1) is 0 Å². The summed E-state index contributed by atoms with van der Waals surface area (Å²) in [5.41, 5.74) is 2.04. The SMILES string of the molecule is COC(=O)[C@H](C)N1C(=O)S/C(=C/c2ccc(C(C)C)cc2)C1=O. The Hall–Kier alpha value is -2.08. The molecule has 23 heavy (non-hydrogen) atoms. The summed E-state index contributed by atoms with van der Waals surface area (Å²) in [7, 11) is 1.23. The average Bonchev–Trinajstić information content (AvgIpc) is 2.80. The minimum Gasteiger partial charge on any atom is -0.467 e. The molecule has 1 aliphatic rings. The van der Waals surface area contributed by atoms with Crippen LogP contribution in [-0.4, -0.2) is 35.2 Å². The maximum atomic E-state index is 12.4. The standard InChI is InChI=1S/C17H19NO4S/c1-10(2)13-7-5-12(6-8-13)9-14-15(19)18(17(21)23-14)11(3)16(20)22-4/h5-11H,1-4H3/b14-9+/t11-/m0/s1. The van der Waals surface area contributed by atoms with Gasteiger partial charge in [-0.05, 0) is 41.8 Å². The maximum Gasteiger partial charge on any atom is 0.328 e. The van der Waals surface area contributed by atoms with Crippen molar-refractivity contribution in [3.8, 4) is 0 Å². The second-order valence-electron chi connectivity index (χ2n) is 5.57. The summed E-state index contributed by atoms with van der Waals surface area (Å²) < 4.78 is 4.60. The highest BCUT2D eigenvalue weighted by Gasteiger charge is 2.41. The Bertz CT molecular complexity index is 664. The largest absolute Gasteiger partial charge is 0.467 e. The summed E-state index contributed by atoms with van der Waals surface area (Å²) in [6.45, 7) is 5.69. The van der Waals surface area contributed by atoms with E-state index >= 15 is 0 Å². The van der Waals surface area contributed by atoms with Gasteiger partial charge in [-0.3, -0.25) is 14.5 Å². The number of carbonyl (C=O) groups excluding carboxylic acids is 3. The number of carbonyl (C=O) groups is 3. The minimum absolute atomic E-state index is 0.308. The van der Waals surface area contributed by atoms with Gasteiger partial charge in [0.1, 0.15) is 6.04 Å². The number of hydrogen-bond donors (Lipinski definition) is 0. The van der Waals surface area contributed by atoms with E-state index in [1.54, 1.807) is 6.08 Å². The Balaban J connectivity index is 2.23. The van der Waals surface area contributed by atoms with Crippen LogP contribution in [-0.2, 0) is 14.3 Å². The first-order chi connectivity index (χ1) is 10.8. The van der Waals surface area contributed by atoms with E-state index in [9.17, 15) is 14.4 Å². The van der Waals surface area contributed by atoms with Crippen molar-refractivity contribution in [1.29, 1.82) is 0 Å². The zero-order chi connectivity index (χ0) is 17.1. The molecule has 1 heterocycles. The number of benzene rings is 1. The molecule has 0 radical (unpaired) electrons. The van der Waals surface area contributed by atoms with Crippen molar-refractivity contribution in [1.82, 2.24) is 4.90 Å².